The zero-order valence-electron chi connectivity index (χ0n) is 16.7. The minimum absolute atomic E-state index is 0.0609. The molecule has 1 aliphatic rings. The largest absolute Gasteiger partial charge is 0.350 e. The van der Waals surface area contributed by atoms with E-state index in [0.29, 0.717) is 32.5 Å². The maximum atomic E-state index is 13.4. The summed E-state index contributed by atoms with van der Waals surface area (Å²) < 4.78 is 26.5. The maximum Gasteiger partial charge on any atom is 0.253 e. The molecule has 1 aliphatic heterocycles. The molecule has 1 fully saturated rings. The van der Waals surface area contributed by atoms with Crippen LogP contribution in [0.3, 0.4) is 0 Å². The van der Waals surface area contributed by atoms with E-state index in [1.807, 2.05) is 35.7 Å². The van der Waals surface area contributed by atoms with Gasteiger partial charge in [0.1, 0.15) is 5.01 Å². The fourth-order valence-corrected chi connectivity index (χ4v) is 4.41. The van der Waals surface area contributed by atoms with Crippen molar-refractivity contribution in [3.8, 4) is 10.6 Å². The van der Waals surface area contributed by atoms with Crippen LogP contribution in [0.2, 0.25) is 0 Å². The summed E-state index contributed by atoms with van der Waals surface area (Å²) in [6.45, 7) is 1.14. The van der Waals surface area contributed by atoms with E-state index < -0.39 is 11.6 Å². The minimum Gasteiger partial charge on any atom is -0.350 e. The number of piperidine rings is 1. The Balaban J connectivity index is 1.27. The number of rotatable bonds is 5. The Bertz CT molecular complexity index is 1080. The molecule has 1 N–H and O–H groups in total. The third-order valence-electron chi connectivity index (χ3n) is 5.34. The van der Waals surface area contributed by atoms with E-state index >= 15 is 0 Å². The molecule has 0 aliphatic carbocycles. The monoisotopic (exact) mass is 441 g/mol. The zero-order chi connectivity index (χ0) is 21.8. The molecule has 0 unspecified atom stereocenters. The molecule has 0 spiro atoms. The summed E-state index contributed by atoms with van der Waals surface area (Å²) in [6, 6.07) is 13.0. The lowest BCUT2D eigenvalue weighted by Crippen LogP contribution is -2.43. The number of benzene rings is 2. The summed E-state index contributed by atoms with van der Waals surface area (Å²) in [5, 5.41) is 5.78. The molecule has 0 atom stereocenters. The van der Waals surface area contributed by atoms with Crippen molar-refractivity contribution in [2.24, 2.45) is 5.92 Å². The van der Waals surface area contributed by atoms with Crippen LogP contribution >= 0.6 is 11.3 Å². The molecule has 8 heteroatoms. The Morgan fingerprint density at radius 3 is 2.52 bits per heavy atom. The van der Waals surface area contributed by atoms with Crippen molar-refractivity contribution >= 4 is 23.2 Å². The van der Waals surface area contributed by atoms with E-state index in [9.17, 15) is 18.4 Å². The lowest BCUT2D eigenvalue weighted by Gasteiger charge is -2.31. The van der Waals surface area contributed by atoms with Crippen LogP contribution in [-0.4, -0.2) is 34.8 Å². The van der Waals surface area contributed by atoms with Gasteiger partial charge in [-0.15, -0.1) is 11.3 Å². The van der Waals surface area contributed by atoms with E-state index in [1.165, 1.54) is 17.4 Å². The number of thiazole rings is 1. The van der Waals surface area contributed by atoms with Gasteiger partial charge in [-0.1, -0.05) is 30.3 Å². The Morgan fingerprint density at radius 2 is 1.81 bits per heavy atom. The first-order valence-electron chi connectivity index (χ1n) is 10.0. The first-order valence-corrected chi connectivity index (χ1v) is 10.9. The van der Waals surface area contributed by atoms with Crippen LogP contribution in [0.1, 0.15) is 28.9 Å². The second-order valence-electron chi connectivity index (χ2n) is 7.42. The molecule has 4 rings (SSSR count). The average molecular weight is 442 g/mol. The van der Waals surface area contributed by atoms with Crippen molar-refractivity contribution in [1.82, 2.24) is 15.2 Å². The topological polar surface area (TPSA) is 62.3 Å². The SMILES string of the molecule is O=C(NCc1csc(-c2ccccc2)n1)C1CCN(C(=O)c2ccc(F)c(F)c2)CC1. The number of hydrogen-bond acceptors (Lipinski definition) is 4. The molecule has 2 amide bonds. The standard InChI is InChI=1S/C23H21F2N3O2S/c24-19-7-6-17(12-20(19)25)23(30)28-10-8-15(9-11-28)21(29)26-13-18-14-31-22(27-18)16-4-2-1-3-5-16/h1-7,12,14-15H,8-11,13H2,(H,26,29). The van der Waals surface area contributed by atoms with Crippen molar-refractivity contribution in [3.63, 3.8) is 0 Å². The fourth-order valence-electron chi connectivity index (χ4n) is 3.58. The molecule has 0 radical (unpaired) electrons. The third-order valence-corrected chi connectivity index (χ3v) is 6.28. The van der Waals surface area contributed by atoms with E-state index in [0.717, 1.165) is 28.4 Å². The highest BCUT2D eigenvalue weighted by atomic mass is 32.1. The maximum absolute atomic E-state index is 13.4. The molecule has 2 aromatic carbocycles. The molecule has 2 heterocycles. The number of aromatic nitrogens is 1. The van der Waals surface area contributed by atoms with Gasteiger partial charge in [-0.2, -0.15) is 0 Å². The fraction of sp³-hybridized carbons (Fsp3) is 0.261. The summed E-state index contributed by atoms with van der Waals surface area (Å²) in [4.78, 5) is 31.2. The van der Waals surface area contributed by atoms with E-state index in [2.05, 4.69) is 10.3 Å². The van der Waals surface area contributed by atoms with Crippen molar-refractivity contribution in [3.05, 3.63) is 76.8 Å². The molecule has 160 valence electrons. The van der Waals surface area contributed by atoms with Crippen LogP contribution < -0.4 is 5.32 Å². The Kier molecular flexibility index (Phi) is 6.36. The van der Waals surface area contributed by atoms with Crippen molar-refractivity contribution in [2.75, 3.05) is 13.1 Å². The van der Waals surface area contributed by atoms with Gasteiger partial charge < -0.3 is 10.2 Å². The minimum atomic E-state index is -1.04. The Morgan fingerprint density at radius 1 is 1.06 bits per heavy atom. The van der Waals surface area contributed by atoms with Crippen LogP contribution in [0.15, 0.2) is 53.9 Å². The molecule has 0 bridgehead atoms. The highest BCUT2D eigenvalue weighted by Gasteiger charge is 2.28. The number of halogens is 2. The quantitative estimate of drug-likeness (QED) is 0.644. The predicted octanol–water partition coefficient (Wildman–Crippen LogP) is 4.26. The average Bonchev–Trinajstić information content (AvgIpc) is 3.29. The van der Waals surface area contributed by atoms with Crippen molar-refractivity contribution in [1.29, 1.82) is 0 Å². The molecular formula is C23H21F2N3O2S. The number of carbonyl (C=O) groups excluding carboxylic acids is 2. The van der Waals surface area contributed by atoms with Crippen LogP contribution in [0, 0.1) is 17.6 Å². The molecule has 0 saturated carbocycles. The number of nitrogens with zero attached hydrogens (tertiary/aromatic N) is 2. The first-order chi connectivity index (χ1) is 15.0. The van der Waals surface area contributed by atoms with Gasteiger partial charge >= 0.3 is 0 Å². The van der Waals surface area contributed by atoms with Crippen LogP contribution in [0.5, 0.6) is 0 Å². The molecule has 1 aromatic heterocycles. The summed E-state index contributed by atoms with van der Waals surface area (Å²) in [5.41, 5.74) is 1.96. The van der Waals surface area contributed by atoms with Gasteiger partial charge in [-0.25, -0.2) is 13.8 Å². The van der Waals surface area contributed by atoms with Gasteiger partial charge in [0.2, 0.25) is 5.91 Å². The van der Waals surface area contributed by atoms with Gasteiger partial charge in [0.15, 0.2) is 11.6 Å². The van der Waals surface area contributed by atoms with Crippen LogP contribution in [-0.2, 0) is 11.3 Å². The van der Waals surface area contributed by atoms with E-state index in [1.54, 1.807) is 4.90 Å². The van der Waals surface area contributed by atoms with Gasteiger partial charge in [-0.05, 0) is 31.0 Å². The van der Waals surface area contributed by atoms with Gasteiger partial charge in [0, 0.05) is 35.5 Å². The van der Waals surface area contributed by atoms with Crippen LogP contribution in [0.25, 0.3) is 10.6 Å². The molecule has 31 heavy (non-hydrogen) atoms. The lowest BCUT2D eigenvalue weighted by atomic mass is 9.95. The Hall–Kier alpha value is -3.13. The number of carbonyl (C=O) groups is 2. The van der Waals surface area contributed by atoms with E-state index in [4.69, 9.17) is 0 Å². The predicted molar refractivity (Wildman–Crippen MR) is 114 cm³/mol. The highest BCUT2D eigenvalue weighted by molar-refractivity contribution is 7.13. The van der Waals surface area contributed by atoms with Gasteiger partial charge in [0.25, 0.3) is 5.91 Å². The van der Waals surface area contributed by atoms with Gasteiger partial charge in [0.05, 0.1) is 12.2 Å². The summed E-state index contributed by atoms with van der Waals surface area (Å²) >= 11 is 1.54. The lowest BCUT2D eigenvalue weighted by molar-refractivity contribution is -0.126. The molecular weight excluding hydrogens is 420 g/mol. The second-order valence-corrected chi connectivity index (χ2v) is 8.28. The normalized spacial score (nSPS) is 14.5. The second kappa shape index (κ2) is 9.34. The third kappa shape index (κ3) is 4.96. The van der Waals surface area contributed by atoms with Crippen molar-refractivity contribution in [2.45, 2.75) is 19.4 Å². The summed E-state index contributed by atoms with van der Waals surface area (Å²) in [5.74, 6) is -2.63. The number of amides is 2. The van der Waals surface area contributed by atoms with Crippen LogP contribution in [0.4, 0.5) is 8.78 Å². The Labute approximate surface area is 182 Å². The van der Waals surface area contributed by atoms with Gasteiger partial charge in [-0.3, -0.25) is 9.59 Å². The molecule has 1 saturated heterocycles. The van der Waals surface area contributed by atoms with Crippen molar-refractivity contribution < 1.29 is 18.4 Å². The summed E-state index contributed by atoms with van der Waals surface area (Å²) in [7, 11) is 0. The number of hydrogen-bond donors (Lipinski definition) is 1. The number of likely N-dealkylation sites (tertiary alicyclic amines) is 1. The zero-order valence-corrected chi connectivity index (χ0v) is 17.5. The first kappa shape index (κ1) is 21.1. The molecule has 3 aromatic rings. The number of nitrogens with one attached hydrogen (secondary N) is 1. The summed E-state index contributed by atoms with van der Waals surface area (Å²) in [6.07, 6.45) is 1.04. The smallest absolute Gasteiger partial charge is 0.253 e. The van der Waals surface area contributed by atoms with E-state index in [-0.39, 0.29) is 23.3 Å². The molecule has 5 nitrogen and oxygen atoms in total. The highest BCUT2D eigenvalue weighted by Crippen LogP contribution is 2.24.